The molecule has 3 aromatic heterocycles. The van der Waals surface area contributed by atoms with Crippen molar-refractivity contribution in [3.63, 3.8) is 0 Å². The highest BCUT2D eigenvalue weighted by molar-refractivity contribution is 5.91. The summed E-state index contributed by atoms with van der Waals surface area (Å²) in [5.74, 6) is -0.349. The summed E-state index contributed by atoms with van der Waals surface area (Å²) in [7, 11) is 0. The molecule has 4 rings (SSSR count). The van der Waals surface area contributed by atoms with Crippen LogP contribution in [0.3, 0.4) is 0 Å². The van der Waals surface area contributed by atoms with Gasteiger partial charge < -0.3 is 10.2 Å². The molecular formula is C18H21F3N8O. The van der Waals surface area contributed by atoms with E-state index in [1.807, 2.05) is 11.8 Å². The molecule has 1 fully saturated rings. The third-order valence-electron chi connectivity index (χ3n) is 5.10. The summed E-state index contributed by atoms with van der Waals surface area (Å²) in [4.78, 5) is 14.5. The van der Waals surface area contributed by atoms with E-state index in [1.54, 1.807) is 23.0 Å². The second-order valence-corrected chi connectivity index (χ2v) is 7.17. The normalized spacial score (nSPS) is 15.7. The molecule has 0 aliphatic carbocycles. The number of aryl methyl sites for hydroxylation is 1. The number of carbonyl (C=O) groups is 1. The highest BCUT2D eigenvalue weighted by atomic mass is 19.4. The Morgan fingerprint density at radius 3 is 2.67 bits per heavy atom. The SMILES string of the molecule is CCCn1nccc1NC(=O)C1CCN(c2ccc3nnc(C(F)(F)F)n3n2)CC1. The van der Waals surface area contributed by atoms with Crippen LogP contribution in [-0.2, 0) is 17.5 Å². The van der Waals surface area contributed by atoms with E-state index >= 15 is 0 Å². The topological polar surface area (TPSA) is 93.2 Å². The minimum absolute atomic E-state index is 0.0315. The van der Waals surface area contributed by atoms with Crippen LogP contribution in [0.1, 0.15) is 32.0 Å². The van der Waals surface area contributed by atoms with Gasteiger partial charge in [-0.2, -0.15) is 22.8 Å². The molecule has 1 aliphatic rings. The molecule has 0 unspecified atom stereocenters. The molecule has 12 heteroatoms. The second kappa shape index (κ2) is 7.92. The minimum atomic E-state index is -4.64. The van der Waals surface area contributed by atoms with E-state index in [9.17, 15) is 18.0 Å². The molecule has 1 N–H and O–H groups in total. The van der Waals surface area contributed by atoms with Gasteiger partial charge in [0, 0.05) is 31.6 Å². The smallest absolute Gasteiger partial charge is 0.355 e. The van der Waals surface area contributed by atoms with Crippen LogP contribution in [0, 0.1) is 5.92 Å². The first kappa shape index (κ1) is 20.1. The van der Waals surface area contributed by atoms with E-state index in [0.717, 1.165) is 13.0 Å². The van der Waals surface area contributed by atoms with E-state index in [4.69, 9.17) is 0 Å². The van der Waals surface area contributed by atoms with Crippen LogP contribution >= 0.6 is 0 Å². The number of carbonyl (C=O) groups excluding carboxylic acids is 1. The molecule has 4 heterocycles. The number of alkyl halides is 3. The number of amides is 1. The molecular weight excluding hydrogens is 401 g/mol. The summed E-state index contributed by atoms with van der Waals surface area (Å²) in [5.41, 5.74) is 0.0315. The highest BCUT2D eigenvalue weighted by Gasteiger charge is 2.38. The summed E-state index contributed by atoms with van der Waals surface area (Å²) < 4.78 is 41.7. The number of nitrogens with zero attached hydrogens (tertiary/aromatic N) is 7. The first-order chi connectivity index (χ1) is 14.4. The molecule has 9 nitrogen and oxygen atoms in total. The number of aromatic nitrogens is 6. The van der Waals surface area contributed by atoms with Crippen LogP contribution in [-0.4, -0.2) is 48.6 Å². The van der Waals surface area contributed by atoms with Crippen molar-refractivity contribution < 1.29 is 18.0 Å². The molecule has 0 aromatic carbocycles. The Morgan fingerprint density at radius 1 is 1.20 bits per heavy atom. The van der Waals surface area contributed by atoms with Gasteiger partial charge in [-0.25, -0.2) is 4.68 Å². The number of hydrogen-bond donors (Lipinski definition) is 1. The maximum Gasteiger partial charge on any atom is 0.453 e. The number of fused-ring (bicyclic) bond motifs is 1. The van der Waals surface area contributed by atoms with Crippen LogP contribution in [0.15, 0.2) is 24.4 Å². The molecule has 0 radical (unpaired) electrons. The molecule has 0 bridgehead atoms. The number of anilines is 2. The first-order valence-electron chi connectivity index (χ1n) is 9.74. The Labute approximate surface area is 169 Å². The van der Waals surface area contributed by atoms with E-state index in [1.165, 1.54) is 6.07 Å². The molecule has 3 aromatic rings. The van der Waals surface area contributed by atoms with Crippen molar-refractivity contribution >= 4 is 23.2 Å². The lowest BCUT2D eigenvalue weighted by Gasteiger charge is -2.32. The van der Waals surface area contributed by atoms with Crippen molar-refractivity contribution in [1.82, 2.24) is 29.6 Å². The van der Waals surface area contributed by atoms with Gasteiger partial charge in [0.2, 0.25) is 5.91 Å². The van der Waals surface area contributed by atoms with Gasteiger partial charge in [-0.05, 0) is 31.4 Å². The van der Waals surface area contributed by atoms with Crippen molar-refractivity contribution in [2.24, 2.45) is 5.92 Å². The van der Waals surface area contributed by atoms with Gasteiger partial charge >= 0.3 is 6.18 Å². The van der Waals surface area contributed by atoms with Crippen LogP contribution in [0.25, 0.3) is 5.65 Å². The fraction of sp³-hybridized carbons (Fsp3) is 0.500. The third-order valence-corrected chi connectivity index (χ3v) is 5.10. The molecule has 160 valence electrons. The molecule has 0 saturated carbocycles. The number of hydrogen-bond acceptors (Lipinski definition) is 6. The quantitative estimate of drug-likeness (QED) is 0.680. The van der Waals surface area contributed by atoms with Crippen LogP contribution in [0.2, 0.25) is 0 Å². The van der Waals surface area contributed by atoms with E-state index in [-0.39, 0.29) is 17.5 Å². The lowest BCUT2D eigenvalue weighted by molar-refractivity contribution is -0.146. The predicted molar refractivity (Wildman–Crippen MR) is 102 cm³/mol. The average Bonchev–Trinajstić information content (AvgIpc) is 3.34. The highest BCUT2D eigenvalue weighted by Crippen LogP contribution is 2.29. The number of nitrogens with one attached hydrogen (secondary N) is 1. The van der Waals surface area contributed by atoms with Gasteiger partial charge in [0.25, 0.3) is 5.82 Å². The van der Waals surface area contributed by atoms with Gasteiger partial charge in [-0.1, -0.05) is 6.92 Å². The van der Waals surface area contributed by atoms with Crippen LogP contribution in [0.5, 0.6) is 0 Å². The standard InChI is InChI=1S/C18H21F3N8O/c1-2-9-28-13(5-8-22-28)23-16(30)12-6-10-27(11-7-12)15-4-3-14-24-25-17(18(19,20)21)29(14)26-15/h3-5,8,12H,2,6-7,9-11H2,1H3,(H,23,30). The van der Waals surface area contributed by atoms with Crippen molar-refractivity contribution in [3.8, 4) is 0 Å². The van der Waals surface area contributed by atoms with Crippen LogP contribution < -0.4 is 10.2 Å². The lowest BCUT2D eigenvalue weighted by atomic mass is 9.96. The van der Waals surface area contributed by atoms with Gasteiger partial charge in [0.05, 0.1) is 6.20 Å². The Bertz CT molecular complexity index is 1040. The Kier molecular flexibility index (Phi) is 5.31. The van der Waals surface area contributed by atoms with E-state index < -0.39 is 12.0 Å². The summed E-state index contributed by atoms with van der Waals surface area (Å²) in [6.45, 7) is 3.77. The zero-order valence-corrected chi connectivity index (χ0v) is 16.3. The number of piperidine rings is 1. The van der Waals surface area contributed by atoms with Gasteiger partial charge in [-0.3, -0.25) is 4.79 Å². The first-order valence-corrected chi connectivity index (χ1v) is 9.74. The monoisotopic (exact) mass is 422 g/mol. The zero-order chi connectivity index (χ0) is 21.3. The van der Waals surface area contributed by atoms with Gasteiger partial charge in [0.1, 0.15) is 11.6 Å². The summed E-state index contributed by atoms with van der Waals surface area (Å²) in [6, 6.07) is 4.84. The molecule has 1 saturated heterocycles. The number of halogens is 3. The summed E-state index contributed by atoms with van der Waals surface area (Å²) >= 11 is 0. The van der Waals surface area contributed by atoms with Crippen molar-refractivity contribution in [1.29, 1.82) is 0 Å². The maximum atomic E-state index is 13.1. The third kappa shape index (κ3) is 3.94. The van der Waals surface area contributed by atoms with Crippen molar-refractivity contribution in [2.45, 2.75) is 38.9 Å². The van der Waals surface area contributed by atoms with Crippen molar-refractivity contribution in [3.05, 3.63) is 30.2 Å². The zero-order valence-electron chi connectivity index (χ0n) is 16.3. The van der Waals surface area contributed by atoms with Crippen LogP contribution in [0.4, 0.5) is 24.8 Å². The number of rotatable bonds is 5. The lowest BCUT2D eigenvalue weighted by Crippen LogP contribution is -2.39. The van der Waals surface area contributed by atoms with E-state index in [2.05, 4.69) is 25.7 Å². The average molecular weight is 422 g/mol. The van der Waals surface area contributed by atoms with Gasteiger partial charge in [-0.15, -0.1) is 15.3 Å². The Hall–Kier alpha value is -3.18. The largest absolute Gasteiger partial charge is 0.453 e. The fourth-order valence-electron chi connectivity index (χ4n) is 3.55. The Morgan fingerprint density at radius 2 is 1.97 bits per heavy atom. The predicted octanol–water partition coefficient (Wildman–Crippen LogP) is 2.60. The van der Waals surface area contributed by atoms with Crippen molar-refractivity contribution in [2.75, 3.05) is 23.3 Å². The summed E-state index contributed by atoms with van der Waals surface area (Å²) in [6.07, 6.45) is -0.942. The molecule has 0 spiro atoms. The Balaban J connectivity index is 1.42. The molecule has 0 atom stereocenters. The van der Waals surface area contributed by atoms with Gasteiger partial charge in [0.15, 0.2) is 5.65 Å². The van der Waals surface area contributed by atoms with E-state index in [0.29, 0.717) is 42.1 Å². The molecule has 1 amide bonds. The summed E-state index contributed by atoms with van der Waals surface area (Å²) in [5, 5.41) is 17.9. The fourth-order valence-corrected chi connectivity index (χ4v) is 3.55. The maximum absolute atomic E-state index is 13.1. The second-order valence-electron chi connectivity index (χ2n) is 7.17. The molecule has 1 aliphatic heterocycles. The minimum Gasteiger partial charge on any atom is -0.355 e. The molecule has 30 heavy (non-hydrogen) atoms.